The second-order valence-corrected chi connectivity index (χ2v) is 13.3. The molecule has 2 aromatic heterocycles. The molecule has 3 fully saturated rings. The molecular formula is C31H33F8N7O2. The number of ether oxygens (including phenoxy) is 2. The molecule has 4 N–H and O–H groups in total. The van der Waals surface area contributed by atoms with Crippen LogP contribution >= 0.6 is 0 Å². The number of rotatable bonds is 4. The number of pyridine rings is 1. The summed E-state index contributed by atoms with van der Waals surface area (Å²) >= 11 is 0. The van der Waals surface area contributed by atoms with Crippen molar-refractivity contribution in [1.29, 1.82) is 0 Å². The van der Waals surface area contributed by atoms with Crippen LogP contribution in [-0.2, 0) is 6.18 Å². The van der Waals surface area contributed by atoms with Gasteiger partial charge in [0.05, 0.1) is 28.2 Å². The van der Waals surface area contributed by atoms with Gasteiger partial charge >= 0.3 is 12.2 Å². The van der Waals surface area contributed by atoms with Crippen LogP contribution in [0.15, 0.2) is 0 Å². The summed E-state index contributed by atoms with van der Waals surface area (Å²) in [6.07, 6.45) is -4.20. The predicted molar refractivity (Wildman–Crippen MR) is 159 cm³/mol. The summed E-state index contributed by atoms with van der Waals surface area (Å²) in [5.74, 6) is -8.17. The van der Waals surface area contributed by atoms with Crippen LogP contribution in [0.3, 0.4) is 0 Å². The van der Waals surface area contributed by atoms with Crippen molar-refractivity contribution < 1.29 is 44.6 Å². The molecule has 1 saturated carbocycles. The number of nitrogen functional groups attached to an aromatic ring is 1. The summed E-state index contributed by atoms with van der Waals surface area (Å²) in [4.78, 5) is 14.7. The largest absolute Gasteiger partial charge is 0.474 e. The van der Waals surface area contributed by atoms with E-state index in [1.165, 1.54) is 0 Å². The highest BCUT2D eigenvalue weighted by atomic mass is 19.4. The molecule has 1 aromatic carbocycles. The van der Waals surface area contributed by atoms with Crippen LogP contribution in [0.2, 0.25) is 0 Å². The molecule has 0 bridgehead atoms. The molecular weight excluding hydrogens is 654 g/mol. The molecule has 3 aromatic rings. The Hall–Kier alpha value is -3.73. The Morgan fingerprint density at radius 1 is 1.04 bits per heavy atom. The molecule has 0 radical (unpaired) electrons. The highest BCUT2D eigenvalue weighted by Gasteiger charge is 2.77. The zero-order valence-electron chi connectivity index (χ0n) is 26.1. The van der Waals surface area contributed by atoms with Crippen LogP contribution in [0.1, 0.15) is 50.2 Å². The first-order chi connectivity index (χ1) is 22.6. The Bertz CT molecular complexity index is 1810. The van der Waals surface area contributed by atoms with E-state index in [-0.39, 0.29) is 49.8 Å². The average Bonchev–Trinajstić information content (AvgIpc) is 3.23. The van der Waals surface area contributed by atoms with E-state index in [0.717, 1.165) is 13.3 Å². The van der Waals surface area contributed by atoms with Gasteiger partial charge in [-0.05, 0) is 58.2 Å². The summed E-state index contributed by atoms with van der Waals surface area (Å²) in [6, 6.07) is -0.390. The lowest BCUT2D eigenvalue weighted by molar-refractivity contribution is -0.137. The lowest BCUT2D eigenvalue weighted by atomic mass is 9.89. The van der Waals surface area contributed by atoms with Crippen LogP contribution < -0.4 is 25.8 Å². The zero-order chi connectivity index (χ0) is 34.4. The summed E-state index contributed by atoms with van der Waals surface area (Å²) in [5, 5.41) is 6.08. The molecule has 1 unspecified atom stereocenters. The van der Waals surface area contributed by atoms with Crippen molar-refractivity contribution in [1.82, 2.24) is 25.2 Å². The number of fused-ring (bicyclic) bond motifs is 1. The number of hydrogen-bond acceptors (Lipinski definition) is 9. The number of nitrogens with zero attached hydrogens (tertiary/aromatic N) is 4. The fourth-order valence-corrected chi connectivity index (χ4v) is 7.58. The van der Waals surface area contributed by atoms with Gasteiger partial charge < -0.3 is 25.8 Å². The summed E-state index contributed by atoms with van der Waals surface area (Å²) < 4.78 is 131. The standard InChI is InChI=1S/C31H33F8N7O2/c1-14-4-6-41-7-8-42-25-17-24(44-27(45-25)47-13-29-5-3-9-46(29)12-28(10-29)11-30(28,35)36)21(34)23(43-26(17)48-14)16-18(31(37,38)39)15(2)19(32)22(40)20(16)33/h14,41H,3-13,40H2,1-2H3,(H,42,44,45)/t14-,28?,29-/m0/s1. The van der Waals surface area contributed by atoms with Crippen LogP contribution in [0, 0.1) is 29.8 Å². The van der Waals surface area contributed by atoms with Crippen LogP contribution in [-0.4, -0.2) is 76.7 Å². The third kappa shape index (κ3) is 5.15. The molecule has 1 aliphatic carbocycles. The van der Waals surface area contributed by atoms with E-state index in [9.17, 15) is 26.3 Å². The van der Waals surface area contributed by atoms with Gasteiger partial charge in [0.25, 0.3) is 5.92 Å². The molecule has 5 heterocycles. The zero-order valence-corrected chi connectivity index (χ0v) is 26.1. The van der Waals surface area contributed by atoms with E-state index in [1.54, 1.807) is 6.92 Å². The van der Waals surface area contributed by atoms with Gasteiger partial charge in [-0.3, -0.25) is 4.90 Å². The van der Waals surface area contributed by atoms with E-state index in [4.69, 9.17) is 15.2 Å². The van der Waals surface area contributed by atoms with Crippen molar-refractivity contribution in [2.45, 2.75) is 69.7 Å². The smallest absolute Gasteiger partial charge is 0.417 e. The maximum Gasteiger partial charge on any atom is 0.417 e. The monoisotopic (exact) mass is 687 g/mol. The van der Waals surface area contributed by atoms with Crippen molar-refractivity contribution in [3.8, 4) is 23.1 Å². The third-order valence-electron chi connectivity index (χ3n) is 10.1. The second kappa shape index (κ2) is 11.1. The maximum absolute atomic E-state index is 16.6. The third-order valence-corrected chi connectivity index (χ3v) is 10.1. The average molecular weight is 688 g/mol. The number of anilines is 2. The van der Waals surface area contributed by atoms with Gasteiger partial charge in [-0.2, -0.15) is 23.1 Å². The SMILES string of the molecule is Cc1c(F)c(N)c(F)c(-c2nc3c4c(nc(OC[C@@]56CCCN5CC5(CC5(F)F)C6)nc4c2F)NCCNCC[C@H](C)O3)c1C(F)(F)F. The molecule has 3 atom stereocenters. The molecule has 4 aliphatic rings. The number of nitrogens with one attached hydrogen (secondary N) is 2. The molecule has 48 heavy (non-hydrogen) atoms. The number of hydrogen-bond donors (Lipinski definition) is 3. The molecule has 0 amide bonds. The fourth-order valence-electron chi connectivity index (χ4n) is 7.58. The van der Waals surface area contributed by atoms with Gasteiger partial charge in [0.1, 0.15) is 34.7 Å². The summed E-state index contributed by atoms with van der Waals surface area (Å²) in [7, 11) is 0. The van der Waals surface area contributed by atoms with E-state index in [2.05, 4.69) is 25.6 Å². The van der Waals surface area contributed by atoms with E-state index in [1.807, 2.05) is 4.90 Å². The summed E-state index contributed by atoms with van der Waals surface area (Å²) in [5.41, 5.74) is -3.58. The lowest BCUT2D eigenvalue weighted by Crippen LogP contribution is -2.43. The van der Waals surface area contributed by atoms with Crippen molar-refractivity contribution in [3.63, 3.8) is 0 Å². The van der Waals surface area contributed by atoms with Gasteiger partial charge in [0, 0.05) is 26.1 Å². The minimum atomic E-state index is -5.34. The second-order valence-electron chi connectivity index (χ2n) is 13.3. The topological polar surface area (TPSA) is 110 Å². The molecule has 2 saturated heterocycles. The lowest BCUT2D eigenvalue weighted by Gasteiger charge is -2.31. The van der Waals surface area contributed by atoms with Crippen molar-refractivity contribution in [2.75, 3.05) is 50.4 Å². The van der Waals surface area contributed by atoms with Gasteiger partial charge in [0.15, 0.2) is 17.5 Å². The first-order valence-electron chi connectivity index (χ1n) is 15.7. The minimum Gasteiger partial charge on any atom is -0.474 e. The number of benzene rings is 1. The Balaban J connectivity index is 1.39. The van der Waals surface area contributed by atoms with Gasteiger partial charge in [0.2, 0.25) is 5.88 Å². The Morgan fingerprint density at radius 3 is 2.50 bits per heavy atom. The molecule has 260 valence electrons. The quantitative estimate of drug-likeness (QED) is 0.231. The normalized spacial score (nSPS) is 27.0. The van der Waals surface area contributed by atoms with Crippen molar-refractivity contribution in [2.24, 2.45) is 5.41 Å². The molecule has 1 spiro atoms. The molecule has 17 heteroatoms. The van der Waals surface area contributed by atoms with Gasteiger partial charge in [-0.15, -0.1) is 0 Å². The Kier molecular flexibility index (Phi) is 7.62. The van der Waals surface area contributed by atoms with Crippen molar-refractivity contribution >= 4 is 22.4 Å². The summed E-state index contributed by atoms with van der Waals surface area (Å²) in [6.45, 7) is 4.33. The van der Waals surface area contributed by atoms with E-state index in [0.29, 0.717) is 32.5 Å². The van der Waals surface area contributed by atoms with E-state index < -0.39 is 86.1 Å². The first-order valence-corrected chi connectivity index (χ1v) is 15.7. The van der Waals surface area contributed by atoms with Gasteiger partial charge in [-0.25, -0.2) is 26.9 Å². The molecule has 3 aliphatic heterocycles. The van der Waals surface area contributed by atoms with Gasteiger partial charge in [-0.1, -0.05) is 0 Å². The highest BCUT2D eigenvalue weighted by Crippen LogP contribution is 2.69. The fraction of sp³-hybridized carbons (Fsp3) is 0.581. The first kappa shape index (κ1) is 32.8. The maximum atomic E-state index is 16.6. The Labute approximate surface area is 269 Å². The number of nitrogens with two attached hydrogens (primary N) is 1. The molecule has 9 nitrogen and oxygen atoms in total. The van der Waals surface area contributed by atoms with Crippen LogP contribution in [0.25, 0.3) is 22.2 Å². The number of halogens is 8. The van der Waals surface area contributed by atoms with E-state index >= 15 is 8.78 Å². The van der Waals surface area contributed by atoms with Crippen LogP contribution in [0.4, 0.5) is 46.6 Å². The Morgan fingerprint density at radius 2 is 1.79 bits per heavy atom. The minimum absolute atomic E-state index is 0.0254. The highest BCUT2D eigenvalue weighted by molar-refractivity contribution is 5.97. The van der Waals surface area contributed by atoms with Crippen LogP contribution in [0.5, 0.6) is 11.9 Å². The molecule has 7 rings (SSSR count). The van der Waals surface area contributed by atoms with Crippen molar-refractivity contribution in [3.05, 3.63) is 28.6 Å². The number of alkyl halides is 5. The predicted octanol–water partition coefficient (Wildman–Crippen LogP) is 5.83. The number of aromatic nitrogens is 3.